The van der Waals surface area contributed by atoms with E-state index in [1.807, 2.05) is 0 Å². The lowest BCUT2D eigenvalue weighted by Crippen LogP contribution is -2.35. The molecule has 3 heteroatoms. The fourth-order valence-corrected chi connectivity index (χ4v) is 3.01. The summed E-state index contributed by atoms with van der Waals surface area (Å²) >= 11 is 0. The predicted octanol–water partition coefficient (Wildman–Crippen LogP) is 0.485. The van der Waals surface area contributed by atoms with Crippen LogP contribution in [0.5, 0.6) is 0 Å². The molecule has 2 aliphatic rings. The molecule has 0 aromatic rings. The quantitative estimate of drug-likeness (QED) is 0.628. The monoisotopic (exact) mass is 211 g/mol. The molecule has 86 valence electrons. The van der Waals surface area contributed by atoms with Crippen LogP contribution in [0, 0.1) is 17.8 Å². The maximum Gasteiger partial charge on any atom is 0.0558 e. The van der Waals surface area contributed by atoms with E-state index in [2.05, 4.69) is 17.1 Å². The van der Waals surface area contributed by atoms with E-state index in [1.54, 1.807) is 0 Å². The summed E-state index contributed by atoms with van der Waals surface area (Å²) in [6.45, 7) is 2.80. The second kappa shape index (κ2) is 5.10. The van der Waals surface area contributed by atoms with Crippen LogP contribution in [-0.2, 0) is 0 Å². The number of hydrogen-bond acceptors (Lipinski definition) is 3. The maximum absolute atomic E-state index is 8.93. The topological polar surface area (TPSA) is 43.7 Å². The van der Waals surface area contributed by atoms with Crippen LogP contribution >= 0.6 is 0 Å². The average molecular weight is 211 g/mol. The fourth-order valence-electron chi connectivity index (χ4n) is 3.01. The van der Waals surface area contributed by atoms with Gasteiger partial charge in [0.15, 0.2) is 0 Å². The molecular formula is C12H21NO2. The van der Waals surface area contributed by atoms with Crippen LogP contribution in [0.1, 0.15) is 12.8 Å². The van der Waals surface area contributed by atoms with E-state index in [0.717, 1.165) is 24.3 Å². The minimum absolute atomic E-state index is 0.191. The molecule has 2 N–H and O–H groups in total. The summed E-state index contributed by atoms with van der Waals surface area (Å²) in [5.41, 5.74) is 0. The summed E-state index contributed by atoms with van der Waals surface area (Å²) in [5.74, 6) is 2.32. The van der Waals surface area contributed by atoms with Gasteiger partial charge < -0.3 is 10.2 Å². The van der Waals surface area contributed by atoms with E-state index >= 15 is 0 Å². The Kier molecular flexibility index (Phi) is 3.78. The molecule has 1 saturated carbocycles. The molecule has 0 spiro atoms. The van der Waals surface area contributed by atoms with Crippen LogP contribution in [0.15, 0.2) is 12.2 Å². The van der Waals surface area contributed by atoms with Crippen LogP contribution in [-0.4, -0.2) is 48.0 Å². The zero-order valence-electron chi connectivity index (χ0n) is 9.18. The van der Waals surface area contributed by atoms with Crippen molar-refractivity contribution in [2.45, 2.75) is 12.8 Å². The Morgan fingerprint density at radius 3 is 2.27 bits per heavy atom. The molecule has 0 aromatic heterocycles. The van der Waals surface area contributed by atoms with Crippen LogP contribution in [0.3, 0.4) is 0 Å². The van der Waals surface area contributed by atoms with Gasteiger partial charge >= 0.3 is 0 Å². The summed E-state index contributed by atoms with van der Waals surface area (Å²) in [4.78, 5) is 2.18. The Morgan fingerprint density at radius 1 is 1.07 bits per heavy atom. The molecule has 0 amide bonds. The van der Waals surface area contributed by atoms with Crippen LogP contribution in [0.2, 0.25) is 0 Å². The van der Waals surface area contributed by atoms with Crippen LogP contribution < -0.4 is 0 Å². The van der Waals surface area contributed by atoms with Gasteiger partial charge in [0.05, 0.1) is 13.2 Å². The first-order valence-electron chi connectivity index (χ1n) is 5.96. The highest BCUT2D eigenvalue weighted by Gasteiger charge is 2.36. The molecule has 2 aliphatic carbocycles. The normalized spacial score (nSPS) is 33.1. The van der Waals surface area contributed by atoms with Crippen molar-refractivity contribution >= 4 is 0 Å². The largest absolute Gasteiger partial charge is 0.395 e. The SMILES string of the molecule is OCCN(CCO)C[C@H]1C[C@@H]2C=C[C@@H]1C2. The predicted molar refractivity (Wildman–Crippen MR) is 59.5 cm³/mol. The first-order chi connectivity index (χ1) is 7.33. The maximum atomic E-state index is 8.93. The molecule has 3 nitrogen and oxygen atoms in total. The number of aliphatic hydroxyl groups is 2. The molecule has 0 aromatic carbocycles. The van der Waals surface area contributed by atoms with Crippen molar-refractivity contribution in [3.8, 4) is 0 Å². The van der Waals surface area contributed by atoms with Gasteiger partial charge in [0.1, 0.15) is 0 Å². The minimum Gasteiger partial charge on any atom is -0.395 e. The molecule has 15 heavy (non-hydrogen) atoms. The number of aliphatic hydroxyl groups excluding tert-OH is 2. The third-order valence-corrected chi connectivity index (χ3v) is 3.74. The molecule has 0 radical (unpaired) electrons. The highest BCUT2D eigenvalue weighted by atomic mass is 16.3. The molecule has 0 aliphatic heterocycles. The Labute approximate surface area is 91.4 Å². The number of allylic oxidation sites excluding steroid dienone is 2. The standard InChI is InChI=1S/C12H21NO2/c14-5-3-13(4-6-15)9-12-8-10-1-2-11(12)7-10/h1-2,10-12,14-15H,3-9H2/t10-,11-,12-/m1/s1. The van der Waals surface area contributed by atoms with Crippen LogP contribution in [0.4, 0.5) is 0 Å². The number of rotatable bonds is 6. The van der Waals surface area contributed by atoms with Crippen molar-refractivity contribution in [1.29, 1.82) is 0 Å². The van der Waals surface area contributed by atoms with E-state index in [4.69, 9.17) is 10.2 Å². The van der Waals surface area contributed by atoms with Gasteiger partial charge in [0, 0.05) is 19.6 Å². The summed E-state index contributed by atoms with van der Waals surface area (Å²) in [7, 11) is 0. The molecule has 0 heterocycles. The smallest absolute Gasteiger partial charge is 0.0558 e. The third kappa shape index (κ3) is 2.60. The van der Waals surface area contributed by atoms with Gasteiger partial charge in [-0.3, -0.25) is 4.90 Å². The minimum atomic E-state index is 0.191. The molecule has 0 saturated heterocycles. The van der Waals surface area contributed by atoms with E-state index in [0.29, 0.717) is 13.1 Å². The Morgan fingerprint density at radius 2 is 1.80 bits per heavy atom. The Hall–Kier alpha value is -0.380. The molecule has 1 fully saturated rings. The first kappa shape index (κ1) is 11.1. The molecule has 0 unspecified atom stereocenters. The zero-order chi connectivity index (χ0) is 10.7. The van der Waals surface area contributed by atoms with Crippen molar-refractivity contribution in [3.05, 3.63) is 12.2 Å². The molecule has 3 atom stereocenters. The van der Waals surface area contributed by atoms with E-state index < -0.39 is 0 Å². The van der Waals surface area contributed by atoms with Crippen molar-refractivity contribution in [2.24, 2.45) is 17.8 Å². The van der Waals surface area contributed by atoms with Crippen LogP contribution in [0.25, 0.3) is 0 Å². The Bertz CT molecular complexity index is 224. The van der Waals surface area contributed by atoms with Gasteiger partial charge in [-0.15, -0.1) is 0 Å². The Balaban J connectivity index is 1.81. The average Bonchev–Trinajstić information content (AvgIpc) is 2.80. The summed E-state index contributed by atoms with van der Waals surface area (Å²) in [6, 6.07) is 0. The van der Waals surface area contributed by atoms with Crippen molar-refractivity contribution in [2.75, 3.05) is 32.8 Å². The second-order valence-electron chi connectivity index (χ2n) is 4.79. The lowest BCUT2D eigenvalue weighted by atomic mass is 9.93. The van der Waals surface area contributed by atoms with Crippen molar-refractivity contribution in [3.63, 3.8) is 0 Å². The fraction of sp³-hybridized carbons (Fsp3) is 0.833. The second-order valence-corrected chi connectivity index (χ2v) is 4.79. The molecule has 2 bridgehead atoms. The van der Waals surface area contributed by atoms with Gasteiger partial charge in [-0.25, -0.2) is 0 Å². The van der Waals surface area contributed by atoms with Gasteiger partial charge in [-0.2, -0.15) is 0 Å². The van der Waals surface area contributed by atoms with E-state index in [1.165, 1.54) is 12.8 Å². The zero-order valence-corrected chi connectivity index (χ0v) is 9.18. The molecule has 2 rings (SSSR count). The third-order valence-electron chi connectivity index (χ3n) is 3.74. The van der Waals surface area contributed by atoms with E-state index in [-0.39, 0.29) is 13.2 Å². The highest BCUT2D eigenvalue weighted by molar-refractivity contribution is 5.10. The van der Waals surface area contributed by atoms with Gasteiger partial charge in [-0.05, 0) is 30.6 Å². The highest BCUT2D eigenvalue weighted by Crippen LogP contribution is 2.43. The first-order valence-corrected chi connectivity index (χ1v) is 5.96. The summed E-state index contributed by atoms with van der Waals surface area (Å²) in [6.07, 6.45) is 7.34. The lowest BCUT2D eigenvalue weighted by Gasteiger charge is -2.27. The van der Waals surface area contributed by atoms with Crippen molar-refractivity contribution in [1.82, 2.24) is 4.90 Å². The van der Waals surface area contributed by atoms with Gasteiger partial charge in [0.25, 0.3) is 0 Å². The summed E-state index contributed by atoms with van der Waals surface area (Å²) < 4.78 is 0. The molecular weight excluding hydrogens is 190 g/mol. The lowest BCUT2D eigenvalue weighted by molar-refractivity contribution is 0.138. The number of hydrogen-bond donors (Lipinski definition) is 2. The number of nitrogens with zero attached hydrogens (tertiary/aromatic N) is 1. The summed E-state index contributed by atoms with van der Waals surface area (Å²) in [5, 5.41) is 17.9. The van der Waals surface area contributed by atoms with E-state index in [9.17, 15) is 0 Å². The number of fused-ring (bicyclic) bond motifs is 2. The van der Waals surface area contributed by atoms with Gasteiger partial charge in [0.2, 0.25) is 0 Å². The van der Waals surface area contributed by atoms with Gasteiger partial charge in [-0.1, -0.05) is 12.2 Å². The van der Waals surface area contributed by atoms with Crippen molar-refractivity contribution < 1.29 is 10.2 Å².